The SMILES string of the molecule is CCNc1c(F)cccc1C(=O)NC1CCN(C)C(C)C1. The number of benzene rings is 1. The molecule has 1 aromatic carbocycles. The molecule has 0 saturated carbocycles. The number of halogens is 1. The topological polar surface area (TPSA) is 44.4 Å². The molecule has 5 heteroatoms. The zero-order valence-corrected chi connectivity index (χ0v) is 12.9. The Labute approximate surface area is 125 Å². The van der Waals surface area contributed by atoms with Gasteiger partial charge in [-0.2, -0.15) is 0 Å². The van der Waals surface area contributed by atoms with Crippen molar-refractivity contribution in [3.63, 3.8) is 0 Å². The van der Waals surface area contributed by atoms with Gasteiger partial charge in [-0.15, -0.1) is 0 Å². The standard InChI is InChI=1S/C16H24FN3O/c1-4-18-15-13(6-5-7-14(15)17)16(21)19-12-8-9-20(3)11(2)10-12/h5-7,11-12,18H,4,8-10H2,1-3H3,(H,19,21). The smallest absolute Gasteiger partial charge is 0.253 e. The molecule has 1 amide bonds. The molecule has 1 aliphatic rings. The summed E-state index contributed by atoms with van der Waals surface area (Å²) in [6.45, 7) is 5.58. The average Bonchev–Trinajstić information content (AvgIpc) is 2.45. The molecule has 1 aromatic rings. The summed E-state index contributed by atoms with van der Waals surface area (Å²) in [5.41, 5.74) is 0.668. The third-order valence-electron chi connectivity index (χ3n) is 4.16. The van der Waals surface area contributed by atoms with Crippen LogP contribution >= 0.6 is 0 Å². The van der Waals surface area contributed by atoms with Gasteiger partial charge in [0, 0.05) is 25.2 Å². The molecule has 1 heterocycles. The number of piperidine rings is 1. The van der Waals surface area contributed by atoms with Gasteiger partial charge in [0.05, 0.1) is 11.3 Å². The molecule has 1 saturated heterocycles. The zero-order valence-electron chi connectivity index (χ0n) is 12.9. The molecule has 0 aliphatic carbocycles. The molecule has 0 bridgehead atoms. The van der Waals surface area contributed by atoms with Crippen LogP contribution in [0.4, 0.5) is 10.1 Å². The van der Waals surface area contributed by atoms with Gasteiger partial charge in [0.1, 0.15) is 5.82 Å². The van der Waals surface area contributed by atoms with Gasteiger partial charge in [-0.05, 0) is 45.9 Å². The van der Waals surface area contributed by atoms with Gasteiger partial charge < -0.3 is 15.5 Å². The number of anilines is 1. The van der Waals surface area contributed by atoms with E-state index in [1.807, 2.05) is 6.92 Å². The van der Waals surface area contributed by atoms with Crippen LogP contribution in [0.25, 0.3) is 0 Å². The minimum atomic E-state index is -0.388. The summed E-state index contributed by atoms with van der Waals surface area (Å²) in [7, 11) is 2.10. The number of nitrogens with one attached hydrogen (secondary N) is 2. The molecule has 0 aromatic heterocycles. The molecule has 2 unspecified atom stereocenters. The summed E-state index contributed by atoms with van der Waals surface area (Å²) >= 11 is 0. The lowest BCUT2D eigenvalue weighted by Crippen LogP contribution is -2.47. The second-order valence-corrected chi connectivity index (χ2v) is 5.72. The highest BCUT2D eigenvalue weighted by Gasteiger charge is 2.25. The molecule has 21 heavy (non-hydrogen) atoms. The Bertz CT molecular complexity index is 506. The van der Waals surface area contributed by atoms with Crippen LogP contribution in [-0.4, -0.2) is 43.0 Å². The summed E-state index contributed by atoms with van der Waals surface area (Å²) in [5.74, 6) is -0.589. The van der Waals surface area contributed by atoms with E-state index >= 15 is 0 Å². The number of hydrogen-bond acceptors (Lipinski definition) is 3. The normalized spacial score (nSPS) is 22.9. The Morgan fingerprint density at radius 2 is 2.24 bits per heavy atom. The lowest BCUT2D eigenvalue weighted by molar-refractivity contribution is 0.0897. The molecule has 2 N–H and O–H groups in total. The Morgan fingerprint density at radius 1 is 1.48 bits per heavy atom. The molecular formula is C16H24FN3O. The third-order valence-corrected chi connectivity index (χ3v) is 4.16. The summed E-state index contributed by atoms with van der Waals surface area (Å²) in [5, 5.41) is 5.97. The molecule has 116 valence electrons. The van der Waals surface area contributed by atoms with Gasteiger partial charge in [-0.1, -0.05) is 6.07 Å². The molecular weight excluding hydrogens is 269 g/mol. The van der Waals surface area contributed by atoms with E-state index in [0.717, 1.165) is 19.4 Å². The first-order valence-electron chi connectivity index (χ1n) is 7.56. The van der Waals surface area contributed by atoms with Gasteiger partial charge in [0.15, 0.2) is 0 Å². The highest BCUT2D eigenvalue weighted by Crippen LogP contribution is 2.21. The monoisotopic (exact) mass is 293 g/mol. The Balaban J connectivity index is 2.08. The minimum Gasteiger partial charge on any atom is -0.382 e. The summed E-state index contributed by atoms with van der Waals surface area (Å²) in [6.07, 6.45) is 1.85. The van der Waals surface area contributed by atoms with E-state index in [-0.39, 0.29) is 17.8 Å². The number of para-hydroxylation sites is 1. The maximum atomic E-state index is 13.8. The number of likely N-dealkylation sites (tertiary alicyclic amines) is 1. The molecule has 1 fully saturated rings. The highest BCUT2D eigenvalue weighted by molar-refractivity contribution is 5.99. The maximum absolute atomic E-state index is 13.8. The van der Waals surface area contributed by atoms with E-state index < -0.39 is 0 Å². The fourth-order valence-corrected chi connectivity index (χ4v) is 2.75. The van der Waals surface area contributed by atoms with Crippen LogP contribution in [0.5, 0.6) is 0 Å². The van der Waals surface area contributed by atoms with E-state index in [1.54, 1.807) is 12.1 Å². The number of rotatable bonds is 4. The molecule has 0 spiro atoms. The Morgan fingerprint density at radius 3 is 2.90 bits per heavy atom. The van der Waals surface area contributed by atoms with Crippen LogP contribution in [0.2, 0.25) is 0 Å². The molecule has 1 aliphatic heterocycles. The second kappa shape index (κ2) is 6.89. The summed E-state index contributed by atoms with van der Waals surface area (Å²) < 4.78 is 13.8. The van der Waals surface area contributed by atoms with Crippen molar-refractivity contribution in [1.29, 1.82) is 0 Å². The fraction of sp³-hybridized carbons (Fsp3) is 0.562. The Hall–Kier alpha value is -1.62. The van der Waals surface area contributed by atoms with E-state index in [2.05, 4.69) is 29.5 Å². The van der Waals surface area contributed by atoms with Crippen LogP contribution in [0, 0.1) is 5.82 Å². The van der Waals surface area contributed by atoms with Crippen LogP contribution < -0.4 is 10.6 Å². The second-order valence-electron chi connectivity index (χ2n) is 5.72. The first-order chi connectivity index (χ1) is 10.0. The number of carbonyl (C=O) groups excluding carboxylic acids is 1. The number of carbonyl (C=O) groups is 1. The van der Waals surface area contributed by atoms with Gasteiger partial charge in [0.2, 0.25) is 0 Å². The minimum absolute atomic E-state index is 0.154. The number of amides is 1. The highest BCUT2D eigenvalue weighted by atomic mass is 19.1. The van der Waals surface area contributed by atoms with Gasteiger partial charge in [0.25, 0.3) is 5.91 Å². The van der Waals surface area contributed by atoms with E-state index in [0.29, 0.717) is 23.8 Å². The van der Waals surface area contributed by atoms with Crippen molar-refractivity contribution in [3.8, 4) is 0 Å². The van der Waals surface area contributed by atoms with E-state index in [4.69, 9.17) is 0 Å². The van der Waals surface area contributed by atoms with Crippen LogP contribution in [0.3, 0.4) is 0 Å². The van der Waals surface area contributed by atoms with Crippen LogP contribution in [-0.2, 0) is 0 Å². The van der Waals surface area contributed by atoms with Crippen molar-refractivity contribution in [2.24, 2.45) is 0 Å². The predicted octanol–water partition coefficient (Wildman–Crippen LogP) is 2.47. The molecule has 0 radical (unpaired) electrons. The third kappa shape index (κ3) is 3.73. The van der Waals surface area contributed by atoms with Crippen molar-refractivity contribution in [2.75, 3.05) is 25.5 Å². The lowest BCUT2D eigenvalue weighted by Gasteiger charge is -2.35. The summed E-state index contributed by atoms with van der Waals surface area (Å²) in [6, 6.07) is 5.20. The van der Waals surface area contributed by atoms with Gasteiger partial charge in [-0.25, -0.2) is 4.39 Å². The van der Waals surface area contributed by atoms with Crippen molar-refractivity contribution in [3.05, 3.63) is 29.6 Å². The zero-order chi connectivity index (χ0) is 15.4. The quantitative estimate of drug-likeness (QED) is 0.896. The van der Waals surface area contributed by atoms with Crippen molar-refractivity contribution >= 4 is 11.6 Å². The molecule has 2 rings (SSSR count). The van der Waals surface area contributed by atoms with E-state index in [1.165, 1.54) is 6.07 Å². The fourth-order valence-electron chi connectivity index (χ4n) is 2.75. The van der Waals surface area contributed by atoms with Crippen LogP contribution in [0.1, 0.15) is 37.0 Å². The van der Waals surface area contributed by atoms with E-state index in [9.17, 15) is 9.18 Å². The lowest BCUT2D eigenvalue weighted by atomic mass is 9.98. The predicted molar refractivity (Wildman–Crippen MR) is 83.1 cm³/mol. The average molecular weight is 293 g/mol. The van der Waals surface area contributed by atoms with Gasteiger partial charge >= 0.3 is 0 Å². The van der Waals surface area contributed by atoms with Crippen molar-refractivity contribution in [2.45, 2.75) is 38.8 Å². The largest absolute Gasteiger partial charge is 0.382 e. The molecule has 2 atom stereocenters. The first-order valence-corrected chi connectivity index (χ1v) is 7.56. The van der Waals surface area contributed by atoms with Crippen molar-refractivity contribution in [1.82, 2.24) is 10.2 Å². The van der Waals surface area contributed by atoms with Crippen molar-refractivity contribution < 1.29 is 9.18 Å². The maximum Gasteiger partial charge on any atom is 0.253 e. The van der Waals surface area contributed by atoms with Gasteiger partial charge in [-0.3, -0.25) is 4.79 Å². The Kier molecular flexibility index (Phi) is 5.17. The van der Waals surface area contributed by atoms with Crippen LogP contribution in [0.15, 0.2) is 18.2 Å². The number of nitrogens with zero attached hydrogens (tertiary/aromatic N) is 1. The number of hydrogen-bond donors (Lipinski definition) is 2. The first kappa shape index (κ1) is 15.8. The molecule has 4 nitrogen and oxygen atoms in total. The summed E-state index contributed by atoms with van der Waals surface area (Å²) in [4.78, 5) is 14.7.